The molecular formula is C9H17N3O2S. The third-order valence-corrected chi connectivity index (χ3v) is 2.75. The van der Waals surface area contributed by atoms with E-state index in [0.717, 1.165) is 6.54 Å². The van der Waals surface area contributed by atoms with E-state index in [1.807, 2.05) is 6.92 Å². The van der Waals surface area contributed by atoms with E-state index >= 15 is 0 Å². The molecule has 86 valence electrons. The SMILES string of the molecule is CC(CN1CCOC(C(N)=S)C1)C(N)=O. The van der Waals surface area contributed by atoms with Gasteiger partial charge in [-0.25, -0.2) is 0 Å². The highest BCUT2D eigenvalue weighted by Crippen LogP contribution is 2.08. The van der Waals surface area contributed by atoms with Crippen LogP contribution in [0.15, 0.2) is 0 Å². The lowest BCUT2D eigenvalue weighted by Gasteiger charge is -2.33. The first kappa shape index (κ1) is 12.4. The van der Waals surface area contributed by atoms with Gasteiger partial charge in [-0.1, -0.05) is 19.1 Å². The van der Waals surface area contributed by atoms with Gasteiger partial charge in [-0.2, -0.15) is 0 Å². The van der Waals surface area contributed by atoms with E-state index in [0.29, 0.717) is 24.7 Å². The molecule has 0 radical (unpaired) electrons. The Kier molecular flexibility index (Phi) is 4.44. The van der Waals surface area contributed by atoms with Crippen LogP contribution in [-0.4, -0.2) is 48.1 Å². The largest absolute Gasteiger partial charge is 0.391 e. The van der Waals surface area contributed by atoms with Crippen molar-refractivity contribution in [2.75, 3.05) is 26.2 Å². The van der Waals surface area contributed by atoms with Crippen LogP contribution >= 0.6 is 12.2 Å². The summed E-state index contributed by atoms with van der Waals surface area (Å²) in [5.74, 6) is -0.441. The number of nitrogens with zero attached hydrogens (tertiary/aromatic N) is 1. The minimum absolute atomic E-state index is 0.157. The zero-order chi connectivity index (χ0) is 11.4. The minimum atomic E-state index is -0.284. The molecule has 0 aliphatic carbocycles. The van der Waals surface area contributed by atoms with E-state index in [2.05, 4.69) is 4.90 Å². The van der Waals surface area contributed by atoms with Gasteiger partial charge in [0.2, 0.25) is 5.91 Å². The van der Waals surface area contributed by atoms with Crippen molar-refractivity contribution in [2.24, 2.45) is 17.4 Å². The van der Waals surface area contributed by atoms with Gasteiger partial charge >= 0.3 is 0 Å². The Hall–Kier alpha value is -0.720. The Morgan fingerprint density at radius 2 is 2.33 bits per heavy atom. The molecule has 4 N–H and O–H groups in total. The lowest BCUT2D eigenvalue weighted by Crippen LogP contribution is -2.49. The second-order valence-corrected chi connectivity index (χ2v) is 4.30. The number of hydrogen-bond acceptors (Lipinski definition) is 4. The number of carbonyl (C=O) groups excluding carboxylic acids is 1. The quantitative estimate of drug-likeness (QED) is 0.612. The molecule has 0 saturated carbocycles. The number of primary amides is 1. The van der Waals surface area contributed by atoms with Gasteiger partial charge in [0.05, 0.1) is 6.61 Å². The maximum absolute atomic E-state index is 10.9. The Labute approximate surface area is 94.7 Å². The van der Waals surface area contributed by atoms with E-state index in [9.17, 15) is 4.79 Å². The fourth-order valence-electron chi connectivity index (χ4n) is 1.52. The molecule has 15 heavy (non-hydrogen) atoms. The van der Waals surface area contributed by atoms with E-state index in [1.54, 1.807) is 0 Å². The summed E-state index contributed by atoms with van der Waals surface area (Å²) >= 11 is 4.87. The molecule has 1 rings (SSSR count). The van der Waals surface area contributed by atoms with Crippen molar-refractivity contribution in [3.63, 3.8) is 0 Å². The van der Waals surface area contributed by atoms with Gasteiger partial charge in [0.25, 0.3) is 0 Å². The van der Waals surface area contributed by atoms with Crippen LogP contribution < -0.4 is 11.5 Å². The van der Waals surface area contributed by atoms with Crippen LogP contribution in [0.5, 0.6) is 0 Å². The van der Waals surface area contributed by atoms with Crippen molar-refractivity contribution in [1.82, 2.24) is 4.90 Å². The zero-order valence-corrected chi connectivity index (χ0v) is 9.63. The number of rotatable bonds is 4. The lowest BCUT2D eigenvalue weighted by atomic mass is 10.1. The lowest BCUT2D eigenvalue weighted by molar-refractivity contribution is -0.122. The van der Waals surface area contributed by atoms with Crippen LogP contribution in [0.3, 0.4) is 0 Å². The predicted octanol–water partition coefficient (Wildman–Crippen LogP) is -0.905. The summed E-state index contributed by atoms with van der Waals surface area (Å²) < 4.78 is 5.39. The van der Waals surface area contributed by atoms with Gasteiger partial charge in [0.1, 0.15) is 11.1 Å². The molecule has 0 bridgehead atoms. The smallest absolute Gasteiger partial charge is 0.221 e. The van der Waals surface area contributed by atoms with Crippen LogP contribution in [0.1, 0.15) is 6.92 Å². The Morgan fingerprint density at radius 3 is 2.87 bits per heavy atom. The summed E-state index contributed by atoms with van der Waals surface area (Å²) in [5, 5.41) is 0. The van der Waals surface area contributed by atoms with Gasteiger partial charge in [-0.05, 0) is 0 Å². The summed E-state index contributed by atoms with van der Waals surface area (Å²) in [6.07, 6.45) is -0.200. The molecule has 5 nitrogen and oxygen atoms in total. The van der Waals surface area contributed by atoms with Crippen molar-refractivity contribution in [2.45, 2.75) is 13.0 Å². The second kappa shape index (κ2) is 5.39. The molecule has 1 fully saturated rings. The van der Waals surface area contributed by atoms with Crippen LogP contribution in [0.4, 0.5) is 0 Å². The summed E-state index contributed by atoms with van der Waals surface area (Å²) in [5.41, 5.74) is 10.7. The molecule has 1 aliphatic rings. The normalized spacial score (nSPS) is 24.7. The number of thiocarbonyl (C=S) groups is 1. The van der Waals surface area contributed by atoms with E-state index in [-0.39, 0.29) is 17.9 Å². The molecule has 1 heterocycles. The Balaban J connectivity index is 2.43. The van der Waals surface area contributed by atoms with Crippen molar-refractivity contribution >= 4 is 23.1 Å². The average molecular weight is 231 g/mol. The zero-order valence-electron chi connectivity index (χ0n) is 8.81. The van der Waals surface area contributed by atoms with Crippen LogP contribution in [0.2, 0.25) is 0 Å². The van der Waals surface area contributed by atoms with E-state index < -0.39 is 0 Å². The fourth-order valence-corrected chi connectivity index (χ4v) is 1.66. The van der Waals surface area contributed by atoms with Crippen LogP contribution in [-0.2, 0) is 9.53 Å². The summed E-state index contributed by atoms with van der Waals surface area (Å²) in [4.78, 5) is 13.4. The first-order chi connectivity index (χ1) is 7.00. The highest BCUT2D eigenvalue weighted by atomic mass is 32.1. The first-order valence-corrected chi connectivity index (χ1v) is 5.34. The molecule has 1 saturated heterocycles. The number of amides is 1. The number of nitrogens with two attached hydrogens (primary N) is 2. The van der Waals surface area contributed by atoms with E-state index in [4.69, 9.17) is 28.4 Å². The number of hydrogen-bond donors (Lipinski definition) is 2. The molecule has 2 unspecified atom stereocenters. The molecule has 1 aliphatic heterocycles. The predicted molar refractivity (Wildman–Crippen MR) is 61.3 cm³/mol. The van der Waals surface area contributed by atoms with Gasteiger partial charge in [0.15, 0.2) is 0 Å². The van der Waals surface area contributed by atoms with Crippen molar-refractivity contribution < 1.29 is 9.53 Å². The third kappa shape index (κ3) is 3.73. The maximum Gasteiger partial charge on any atom is 0.221 e. The van der Waals surface area contributed by atoms with Crippen LogP contribution in [0.25, 0.3) is 0 Å². The molecule has 0 spiro atoms. The monoisotopic (exact) mass is 231 g/mol. The third-order valence-electron chi connectivity index (χ3n) is 2.49. The second-order valence-electron chi connectivity index (χ2n) is 3.82. The fraction of sp³-hybridized carbons (Fsp3) is 0.778. The number of ether oxygens (including phenoxy) is 1. The Morgan fingerprint density at radius 1 is 1.67 bits per heavy atom. The first-order valence-electron chi connectivity index (χ1n) is 4.93. The summed E-state index contributed by atoms with van der Waals surface area (Å²) in [6.45, 7) is 4.47. The summed E-state index contributed by atoms with van der Waals surface area (Å²) in [7, 11) is 0. The van der Waals surface area contributed by atoms with Crippen molar-refractivity contribution in [3.05, 3.63) is 0 Å². The van der Waals surface area contributed by atoms with Gasteiger partial charge < -0.3 is 16.2 Å². The summed E-state index contributed by atoms with van der Waals surface area (Å²) in [6, 6.07) is 0. The van der Waals surface area contributed by atoms with Crippen molar-refractivity contribution in [1.29, 1.82) is 0 Å². The maximum atomic E-state index is 10.9. The molecule has 0 aromatic heterocycles. The topological polar surface area (TPSA) is 81.6 Å². The molecule has 6 heteroatoms. The molecule has 2 atom stereocenters. The van der Waals surface area contributed by atoms with Crippen molar-refractivity contribution in [3.8, 4) is 0 Å². The standard InChI is InChI=1S/C9H17N3O2S/c1-6(8(10)13)4-12-2-3-14-7(5-12)9(11)15/h6-7H,2-5H2,1H3,(H2,10,13)(H2,11,15). The molecule has 0 aromatic rings. The molecule has 0 aromatic carbocycles. The van der Waals surface area contributed by atoms with Gasteiger partial charge in [-0.3, -0.25) is 9.69 Å². The molecule has 1 amide bonds. The Bertz CT molecular complexity index is 258. The highest BCUT2D eigenvalue weighted by Gasteiger charge is 2.24. The number of carbonyl (C=O) groups is 1. The molecular weight excluding hydrogens is 214 g/mol. The van der Waals surface area contributed by atoms with Gasteiger partial charge in [-0.15, -0.1) is 0 Å². The highest BCUT2D eigenvalue weighted by molar-refractivity contribution is 7.80. The number of morpholine rings is 1. The minimum Gasteiger partial charge on any atom is -0.391 e. The van der Waals surface area contributed by atoms with E-state index in [1.165, 1.54) is 0 Å². The van der Waals surface area contributed by atoms with Crippen LogP contribution in [0, 0.1) is 5.92 Å². The average Bonchev–Trinajstić information content (AvgIpc) is 2.18. The van der Waals surface area contributed by atoms with Gasteiger partial charge in [0, 0.05) is 25.6 Å².